The van der Waals surface area contributed by atoms with Crippen LogP contribution < -0.4 is 25.1 Å². The van der Waals surface area contributed by atoms with E-state index in [1.165, 1.54) is 11.8 Å². The standard InChI is InChI=1S/C27H24ClN3O5S/c1-3-24(25(32)29-18-8-6-17(28)7-9-18)37-27-30-21-13-23-22(35-15-36-23)12-20(21)26(33)31(27)14-16-4-10-19(34-2)11-5-16/h4-13,24H,3,14-15H2,1-2H3,(H,29,32)/t24-/m1/s1. The van der Waals surface area contributed by atoms with Crippen molar-refractivity contribution in [3.8, 4) is 17.2 Å². The average Bonchev–Trinajstić information content (AvgIpc) is 3.37. The van der Waals surface area contributed by atoms with Gasteiger partial charge in [0.1, 0.15) is 5.75 Å². The number of fused-ring (bicyclic) bond motifs is 2. The smallest absolute Gasteiger partial charge is 0.262 e. The number of methoxy groups -OCH3 is 1. The number of aromatic nitrogens is 2. The molecule has 2 heterocycles. The summed E-state index contributed by atoms with van der Waals surface area (Å²) >= 11 is 7.21. The number of rotatable bonds is 8. The van der Waals surface area contributed by atoms with Gasteiger partial charge in [-0.05, 0) is 54.4 Å². The number of benzene rings is 3. The molecule has 37 heavy (non-hydrogen) atoms. The van der Waals surface area contributed by atoms with Crippen molar-refractivity contribution in [1.29, 1.82) is 0 Å². The summed E-state index contributed by atoms with van der Waals surface area (Å²) in [5.41, 5.74) is 1.79. The van der Waals surface area contributed by atoms with Crippen molar-refractivity contribution in [2.75, 3.05) is 19.2 Å². The summed E-state index contributed by atoms with van der Waals surface area (Å²) in [6.45, 7) is 2.29. The number of hydrogen-bond acceptors (Lipinski definition) is 7. The highest BCUT2D eigenvalue weighted by Gasteiger charge is 2.24. The van der Waals surface area contributed by atoms with Crippen molar-refractivity contribution < 1.29 is 19.0 Å². The summed E-state index contributed by atoms with van der Waals surface area (Å²) in [4.78, 5) is 31.7. The van der Waals surface area contributed by atoms with Crippen molar-refractivity contribution in [3.63, 3.8) is 0 Å². The lowest BCUT2D eigenvalue weighted by atomic mass is 10.2. The van der Waals surface area contributed by atoms with E-state index in [0.717, 1.165) is 11.3 Å². The summed E-state index contributed by atoms with van der Waals surface area (Å²) in [6.07, 6.45) is 0.529. The minimum absolute atomic E-state index is 0.0933. The zero-order valence-electron chi connectivity index (χ0n) is 20.2. The quantitative estimate of drug-likeness (QED) is 0.239. The van der Waals surface area contributed by atoms with Crippen molar-refractivity contribution in [2.45, 2.75) is 30.3 Å². The third-order valence-electron chi connectivity index (χ3n) is 5.94. The molecule has 0 saturated carbocycles. The van der Waals surface area contributed by atoms with E-state index in [2.05, 4.69) is 5.32 Å². The average molecular weight is 538 g/mol. The van der Waals surface area contributed by atoms with Crippen LogP contribution in [0.2, 0.25) is 5.02 Å². The van der Waals surface area contributed by atoms with Crippen LogP contribution in [-0.4, -0.2) is 34.6 Å². The Bertz CT molecular complexity index is 1510. The Balaban J connectivity index is 1.52. The summed E-state index contributed by atoms with van der Waals surface area (Å²) < 4.78 is 17.8. The minimum atomic E-state index is -0.490. The predicted octanol–water partition coefficient (Wildman–Crippen LogP) is 5.34. The molecular weight excluding hydrogens is 514 g/mol. The van der Waals surface area contributed by atoms with Crippen LogP contribution in [0, 0.1) is 0 Å². The molecule has 0 fully saturated rings. The van der Waals surface area contributed by atoms with Gasteiger partial charge in [0, 0.05) is 16.8 Å². The first kappa shape index (κ1) is 25.0. The molecule has 1 amide bonds. The van der Waals surface area contributed by atoms with Crippen LogP contribution >= 0.6 is 23.4 Å². The second-order valence-electron chi connectivity index (χ2n) is 8.37. The number of halogens is 1. The van der Waals surface area contributed by atoms with Gasteiger partial charge < -0.3 is 19.5 Å². The van der Waals surface area contributed by atoms with Crippen LogP contribution in [-0.2, 0) is 11.3 Å². The number of nitrogens with one attached hydrogen (secondary N) is 1. The molecule has 190 valence electrons. The number of carbonyl (C=O) groups excluding carboxylic acids is 1. The molecule has 1 N–H and O–H groups in total. The van der Waals surface area contributed by atoms with Crippen LogP contribution in [0.15, 0.2) is 70.6 Å². The van der Waals surface area contributed by atoms with E-state index < -0.39 is 5.25 Å². The van der Waals surface area contributed by atoms with Crippen molar-refractivity contribution >= 4 is 45.9 Å². The molecule has 1 aromatic heterocycles. The number of hydrogen-bond donors (Lipinski definition) is 1. The SMILES string of the molecule is CC[C@@H](Sc1nc2cc3c(cc2c(=O)n1Cc1ccc(OC)cc1)OCO3)C(=O)Nc1ccc(Cl)cc1. The molecule has 10 heteroatoms. The third kappa shape index (κ3) is 5.38. The number of amides is 1. The largest absolute Gasteiger partial charge is 0.497 e. The topological polar surface area (TPSA) is 91.7 Å². The molecule has 0 saturated heterocycles. The molecule has 1 aliphatic rings. The van der Waals surface area contributed by atoms with E-state index in [9.17, 15) is 9.59 Å². The van der Waals surface area contributed by atoms with Gasteiger partial charge in [0.15, 0.2) is 16.7 Å². The van der Waals surface area contributed by atoms with Gasteiger partial charge in [0.2, 0.25) is 12.7 Å². The van der Waals surface area contributed by atoms with Crippen LogP contribution in [0.5, 0.6) is 17.2 Å². The second-order valence-corrected chi connectivity index (χ2v) is 9.97. The van der Waals surface area contributed by atoms with Crippen LogP contribution in [0.4, 0.5) is 5.69 Å². The van der Waals surface area contributed by atoms with E-state index in [0.29, 0.717) is 44.7 Å². The van der Waals surface area contributed by atoms with Gasteiger partial charge in [-0.1, -0.05) is 42.4 Å². The number of thioether (sulfide) groups is 1. The Morgan fingerprint density at radius 3 is 2.51 bits per heavy atom. The van der Waals surface area contributed by atoms with Crippen LogP contribution in [0.1, 0.15) is 18.9 Å². The maximum atomic E-state index is 13.7. The highest BCUT2D eigenvalue weighted by Crippen LogP contribution is 2.35. The van der Waals surface area contributed by atoms with E-state index in [1.54, 1.807) is 48.1 Å². The molecule has 0 spiro atoms. The van der Waals surface area contributed by atoms with Crippen LogP contribution in [0.25, 0.3) is 10.9 Å². The number of carbonyl (C=O) groups is 1. The van der Waals surface area contributed by atoms with Gasteiger partial charge in [-0.15, -0.1) is 0 Å². The van der Waals surface area contributed by atoms with Gasteiger partial charge in [-0.2, -0.15) is 0 Å². The molecule has 1 atom stereocenters. The van der Waals surface area contributed by atoms with Gasteiger partial charge in [0.25, 0.3) is 5.56 Å². The lowest BCUT2D eigenvalue weighted by Gasteiger charge is -2.18. The lowest BCUT2D eigenvalue weighted by Crippen LogP contribution is -2.28. The number of ether oxygens (including phenoxy) is 3. The molecule has 1 aliphatic heterocycles. The molecule has 0 unspecified atom stereocenters. The van der Waals surface area contributed by atoms with Crippen molar-refractivity contribution in [1.82, 2.24) is 9.55 Å². The minimum Gasteiger partial charge on any atom is -0.497 e. The molecule has 3 aromatic carbocycles. The van der Waals surface area contributed by atoms with E-state index >= 15 is 0 Å². The maximum Gasteiger partial charge on any atom is 0.262 e. The highest BCUT2D eigenvalue weighted by atomic mass is 35.5. The fourth-order valence-electron chi connectivity index (χ4n) is 3.94. The van der Waals surface area contributed by atoms with E-state index in [4.69, 9.17) is 30.8 Å². The van der Waals surface area contributed by atoms with Gasteiger partial charge >= 0.3 is 0 Å². The second kappa shape index (κ2) is 10.7. The molecule has 8 nitrogen and oxygen atoms in total. The Kier molecular flexibility index (Phi) is 7.25. The molecule has 0 bridgehead atoms. The fraction of sp³-hybridized carbons (Fsp3) is 0.222. The van der Waals surface area contributed by atoms with Gasteiger partial charge in [-0.3, -0.25) is 14.2 Å². The first-order valence-corrected chi connectivity index (χ1v) is 12.9. The predicted molar refractivity (Wildman–Crippen MR) is 144 cm³/mol. The first-order chi connectivity index (χ1) is 17.9. The van der Waals surface area contributed by atoms with Crippen LogP contribution in [0.3, 0.4) is 0 Å². The highest BCUT2D eigenvalue weighted by molar-refractivity contribution is 8.00. The Hall–Kier alpha value is -3.69. The lowest BCUT2D eigenvalue weighted by molar-refractivity contribution is -0.115. The van der Waals surface area contributed by atoms with E-state index in [1.807, 2.05) is 31.2 Å². The third-order valence-corrected chi connectivity index (χ3v) is 7.54. The fourth-order valence-corrected chi connectivity index (χ4v) is 5.08. The molecular formula is C27H24ClN3O5S. The van der Waals surface area contributed by atoms with Crippen molar-refractivity contribution in [3.05, 3.63) is 81.6 Å². The molecule has 5 rings (SSSR count). The molecule has 0 radical (unpaired) electrons. The summed E-state index contributed by atoms with van der Waals surface area (Å²) in [6, 6.07) is 17.8. The molecule has 4 aromatic rings. The summed E-state index contributed by atoms with van der Waals surface area (Å²) in [5.74, 6) is 1.58. The van der Waals surface area contributed by atoms with Gasteiger partial charge in [0.05, 0.1) is 29.8 Å². The molecule has 0 aliphatic carbocycles. The van der Waals surface area contributed by atoms with Gasteiger partial charge in [-0.25, -0.2) is 4.98 Å². The van der Waals surface area contributed by atoms with Crippen molar-refractivity contribution in [2.24, 2.45) is 0 Å². The first-order valence-electron chi connectivity index (χ1n) is 11.7. The zero-order chi connectivity index (χ0) is 25.9. The Morgan fingerprint density at radius 2 is 1.84 bits per heavy atom. The van der Waals surface area contributed by atoms with E-state index in [-0.39, 0.29) is 24.8 Å². The number of anilines is 1. The monoisotopic (exact) mass is 537 g/mol. The Labute approximate surface area is 222 Å². The maximum absolute atomic E-state index is 13.7. The summed E-state index contributed by atoms with van der Waals surface area (Å²) in [7, 11) is 1.60. The Morgan fingerprint density at radius 1 is 1.14 bits per heavy atom. The normalized spacial score (nSPS) is 12.9. The number of nitrogens with zero attached hydrogens (tertiary/aromatic N) is 2. The summed E-state index contributed by atoms with van der Waals surface area (Å²) in [5, 5.41) is 3.87. The zero-order valence-corrected chi connectivity index (χ0v) is 21.8.